The predicted octanol–water partition coefficient (Wildman–Crippen LogP) is 3.63. The van der Waals surface area contributed by atoms with Crippen LogP contribution in [0.4, 0.5) is 13.2 Å². The molecule has 1 aromatic rings. The Labute approximate surface area is 188 Å². The number of rotatable bonds is 9. The number of hydrogen-bond donors (Lipinski definition) is 2. The van der Waals surface area contributed by atoms with Crippen LogP contribution in [-0.4, -0.2) is 62.0 Å². The van der Waals surface area contributed by atoms with Crippen LogP contribution in [0.15, 0.2) is 30.4 Å². The highest BCUT2D eigenvalue weighted by molar-refractivity contribution is 5.78. The van der Waals surface area contributed by atoms with Gasteiger partial charge in [0.1, 0.15) is 17.9 Å². The summed E-state index contributed by atoms with van der Waals surface area (Å²) in [5, 5.41) is 6.22. The van der Waals surface area contributed by atoms with E-state index in [0.717, 1.165) is 37.7 Å². The Bertz CT molecular complexity index is 775. The molecule has 0 radical (unpaired) electrons. The molecule has 2 rings (SSSR count). The standard InChI is InChI=1S/C15H29N3O.C8H5F3O2/c1-11(7-12(2)16-6)13-8-18(9-13)10-14(19)17-15(3,4)5;9-6-1-5(4-12)2-7(3-6)13-8(10)11/h12-13,16H,1,7-10H2,2-6H3,(H,17,19);1-4,8H. The number of amides is 1. The molecule has 180 valence electrons. The average Bonchev–Trinajstić information content (AvgIpc) is 2.62. The number of ether oxygens (including phenoxy) is 1. The van der Waals surface area contributed by atoms with Crippen molar-refractivity contribution in [1.82, 2.24) is 15.5 Å². The van der Waals surface area contributed by atoms with Crippen molar-refractivity contribution in [2.24, 2.45) is 5.92 Å². The second-order valence-corrected chi connectivity index (χ2v) is 8.96. The molecule has 9 heteroatoms. The van der Waals surface area contributed by atoms with Crippen molar-refractivity contribution in [2.45, 2.75) is 52.3 Å². The van der Waals surface area contributed by atoms with Crippen molar-refractivity contribution >= 4 is 12.2 Å². The molecular formula is C23H34F3N3O3. The van der Waals surface area contributed by atoms with Gasteiger partial charge in [0, 0.05) is 42.2 Å². The van der Waals surface area contributed by atoms with Gasteiger partial charge in [0.05, 0.1) is 6.54 Å². The van der Waals surface area contributed by atoms with E-state index in [1.807, 2.05) is 27.8 Å². The average molecular weight is 458 g/mol. The largest absolute Gasteiger partial charge is 0.435 e. The van der Waals surface area contributed by atoms with Gasteiger partial charge >= 0.3 is 6.61 Å². The number of nitrogens with zero attached hydrogens (tertiary/aromatic N) is 1. The highest BCUT2D eigenvalue weighted by Crippen LogP contribution is 2.25. The summed E-state index contributed by atoms with van der Waals surface area (Å²) in [4.78, 5) is 24.1. The number of aldehydes is 1. The topological polar surface area (TPSA) is 70.7 Å². The number of benzene rings is 1. The molecule has 1 amide bonds. The van der Waals surface area contributed by atoms with Gasteiger partial charge in [0.15, 0.2) is 0 Å². The van der Waals surface area contributed by atoms with Crippen molar-refractivity contribution in [2.75, 3.05) is 26.7 Å². The zero-order chi connectivity index (χ0) is 24.5. The molecule has 1 aromatic carbocycles. The molecule has 1 aliphatic heterocycles. The third-order valence-electron chi connectivity index (χ3n) is 4.73. The van der Waals surface area contributed by atoms with Crippen molar-refractivity contribution in [1.29, 1.82) is 0 Å². The lowest BCUT2D eigenvalue weighted by molar-refractivity contribution is -0.125. The highest BCUT2D eigenvalue weighted by atomic mass is 19.3. The van der Waals surface area contributed by atoms with Gasteiger partial charge in [-0.25, -0.2) is 4.39 Å². The second kappa shape index (κ2) is 12.6. The SMILES string of the molecule is C=C(CC(C)NC)C1CN(CC(=O)NC(C)(C)C)C1.O=Cc1cc(F)cc(OC(F)F)c1. The lowest BCUT2D eigenvalue weighted by Crippen LogP contribution is -2.53. The summed E-state index contributed by atoms with van der Waals surface area (Å²) in [6, 6.07) is 3.21. The fraction of sp³-hybridized carbons (Fsp3) is 0.565. The van der Waals surface area contributed by atoms with Crippen LogP contribution < -0.4 is 15.4 Å². The summed E-state index contributed by atoms with van der Waals surface area (Å²) in [7, 11) is 1.97. The number of halogens is 3. The van der Waals surface area contributed by atoms with E-state index in [1.54, 1.807) is 0 Å². The minimum atomic E-state index is -3.03. The number of carbonyl (C=O) groups is 2. The Morgan fingerprint density at radius 1 is 1.31 bits per heavy atom. The lowest BCUT2D eigenvalue weighted by atomic mass is 9.88. The fourth-order valence-electron chi connectivity index (χ4n) is 3.10. The summed E-state index contributed by atoms with van der Waals surface area (Å²) in [6.07, 6.45) is 1.37. The lowest BCUT2D eigenvalue weighted by Gasteiger charge is -2.40. The third-order valence-corrected chi connectivity index (χ3v) is 4.73. The van der Waals surface area contributed by atoms with Crippen LogP contribution in [0.3, 0.4) is 0 Å². The minimum Gasteiger partial charge on any atom is -0.435 e. The second-order valence-electron chi connectivity index (χ2n) is 8.96. The van der Waals surface area contributed by atoms with Crippen LogP contribution in [0, 0.1) is 11.7 Å². The Morgan fingerprint density at radius 3 is 2.44 bits per heavy atom. The predicted molar refractivity (Wildman–Crippen MR) is 119 cm³/mol. The molecule has 6 nitrogen and oxygen atoms in total. The van der Waals surface area contributed by atoms with Gasteiger partial charge in [-0.15, -0.1) is 0 Å². The van der Waals surface area contributed by atoms with E-state index in [2.05, 4.69) is 33.8 Å². The normalized spacial score (nSPS) is 15.3. The highest BCUT2D eigenvalue weighted by Gasteiger charge is 2.30. The number of nitrogens with one attached hydrogen (secondary N) is 2. The van der Waals surface area contributed by atoms with Gasteiger partial charge in [-0.3, -0.25) is 14.5 Å². The molecule has 0 saturated carbocycles. The third kappa shape index (κ3) is 10.8. The Morgan fingerprint density at radius 2 is 1.94 bits per heavy atom. The Balaban J connectivity index is 0.000000343. The van der Waals surface area contributed by atoms with Gasteiger partial charge in [0.2, 0.25) is 5.91 Å². The maximum absolute atomic E-state index is 12.6. The van der Waals surface area contributed by atoms with Crippen molar-refractivity contribution in [3.8, 4) is 5.75 Å². The van der Waals surface area contributed by atoms with E-state index in [-0.39, 0.29) is 22.8 Å². The number of likely N-dealkylation sites (tertiary alicyclic amines) is 1. The van der Waals surface area contributed by atoms with E-state index in [4.69, 9.17) is 0 Å². The summed E-state index contributed by atoms with van der Waals surface area (Å²) >= 11 is 0. The quantitative estimate of drug-likeness (QED) is 0.438. The number of hydrogen-bond acceptors (Lipinski definition) is 5. The van der Waals surface area contributed by atoms with Crippen molar-refractivity contribution < 1.29 is 27.5 Å². The Hall–Kier alpha value is -2.39. The van der Waals surface area contributed by atoms with Crippen molar-refractivity contribution in [3.63, 3.8) is 0 Å². The smallest absolute Gasteiger partial charge is 0.387 e. The van der Waals surface area contributed by atoms with Gasteiger partial charge in [-0.05, 0) is 53.3 Å². The molecule has 0 aromatic heterocycles. The fourth-order valence-corrected chi connectivity index (χ4v) is 3.10. The van der Waals surface area contributed by atoms with E-state index in [1.165, 1.54) is 5.57 Å². The molecule has 1 saturated heterocycles. The van der Waals surface area contributed by atoms with E-state index >= 15 is 0 Å². The summed E-state index contributed by atoms with van der Waals surface area (Å²) in [5.41, 5.74) is 1.11. The van der Waals surface area contributed by atoms with E-state index in [0.29, 0.717) is 24.8 Å². The van der Waals surface area contributed by atoms with Crippen LogP contribution in [0.1, 0.15) is 44.5 Å². The molecular weight excluding hydrogens is 423 g/mol. The maximum Gasteiger partial charge on any atom is 0.387 e. The Kier molecular flexibility index (Phi) is 10.9. The van der Waals surface area contributed by atoms with Gasteiger partial charge in [-0.2, -0.15) is 8.78 Å². The number of alkyl halides is 2. The maximum atomic E-state index is 12.6. The molecule has 1 aliphatic rings. The molecule has 1 fully saturated rings. The van der Waals surface area contributed by atoms with Gasteiger partial charge < -0.3 is 15.4 Å². The monoisotopic (exact) mass is 457 g/mol. The summed E-state index contributed by atoms with van der Waals surface area (Å²) in [5.74, 6) is -0.490. The van der Waals surface area contributed by atoms with Crippen LogP contribution in [-0.2, 0) is 4.79 Å². The molecule has 0 spiro atoms. The molecule has 1 heterocycles. The van der Waals surface area contributed by atoms with Gasteiger partial charge in [-0.1, -0.05) is 12.2 Å². The number of carbonyl (C=O) groups excluding carboxylic acids is 2. The van der Waals surface area contributed by atoms with Crippen LogP contribution in [0.25, 0.3) is 0 Å². The first-order valence-corrected chi connectivity index (χ1v) is 10.4. The zero-order valence-electron chi connectivity index (χ0n) is 19.4. The van der Waals surface area contributed by atoms with Crippen LogP contribution in [0.5, 0.6) is 5.75 Å². The van der Waals surface area contributed by atoms with Crippen LogP contribution in [0.2, 0.25) is 0 Å². The zero-order valence-corrected chi connectivity index (χ0v) is 19.4. The molecule has 2 N–H and O–H groups in total. The summed E-state index contributed by atoms with van der Waals surface area (Å²) < 4.78 is 39.8. The van der Waals surface area contributed by atoms with E-state index in [9.17, 15) is 22.8 Å². The molecule has 1 atom stereocenters. The van der Waals surface area contributed by atoms with E-state index < -0.39 is 12.4 Å². The van der Waals surface area contributed by atoms with Gasteiger partial charge in [0.25, 0.3) is 0 Å². The first-order chi connectivity index (χ1) is 14.8. The molecule has 1 unspecified atom stereocenters. The van der Waals surface area contributed by atoms with Crippen molar-refractivity contribution in [3.05, 3.63) is 41.7 Å². The molecule has 0 bridgehead atoms. The van der Waals surface area contributed by atoms with Crippen LogP contribution >= 0.6 is 0 Å². The molecule has 0 aliphatic carbocycles. The minimum absolute atomic E-state index is 0.0457. The first kappa shape index (κ1) is 27.6. The summed E-state index contributed by atoms with van der Waals surface area (Å²) in [6.45, 7) is 11.8. The molecule has 32 heavy (non-hydrogen) atoms. The first-order valence-electron chi connectivity index (χ1n) is 10.4.